The summed E-state index contributed by atoms with van der Waals surface area (Å²) in [5.74, 6) is -0.948. The molecule has 0 unspecified atom stereocenters. The van der Waals surface area contributed by atoms with Crippen molar-refractivity contribution in [1.29, 1.82) is 0 Å². The Kier molecular flexibility index (Phi) is 8.19. The average Bonchev–Trinajstić information content (AvgIpc) is 2.73. The second-order valence-corrected chi connectivity index (χ2v) is 8.96. The van der Waals surface area contributed by atoms with Crippen molar-refractivity contribution in [2.75, 3.05) is 42.9 Å². The molecule has 0 fully saturated rings. The van der Waals surface area contributed by atoms with E-state index in [0.29, 0.717) is 0 Å². The number of hydrogen-bond donors (Lipinski definition) is 1. The van der Waals surface area contributed by atoms with Crippen LogP contribution in [0.1, 0.15) is 19.4 Å². The van der Waals surface area contributed by atoms with Crippen LogP contribution in [0.25, 0.3) is 0 Å². The van der Waals surface area contributed by atoms with E-state index in [1.807, 2.05) is 24.3 Å². The Morgan fingerprint density at radius 2 is 1.47 bits per heavy atom. The Bertz CT molecular complexity index is 928. The molecule has 0 bridgehead atoms. The first-order chi connectivity index (χ1) is 14.2. The molecular weight excluding hydrogens is 407 g/mol. The number of anilines is 2. The van der Waals surface area contributed by atoms with Crippen LogP contribution in [0.2, 0.25) is 0 Å². The Morgan fingerprint density at radius 1 is 0.933 bits per heavy atom. The molecule has 0 aliphatic heterocycles. The maximum atomic E-state index is 13.2. The normalized spacial score (nSPS) is 11.4. The number of carbonyl (C=O) groups excluding carboxylic acids is 1. The predicted octanol–water partition coefficient (Wildman–Crippen LogP) is 2.60. The van der Waals surface area contributed by atoms with Gasteiger partial charge in [-0.15, -0.1) is 0 Å². The third-order valence-electron chi connectivity index (χ3n) is 4.70. The Balaban J connectivity index is 2.08. The largest absolute Gasteiger partial charge is 0.372 e. The van der Waals surface area contributed by atoms with Crippen molar-refractivity contribution in [3.8, 4) is 0 Å². The van der Waals surface area contributed by atoms with E-state index in [0.717, 1.165) is 45.1 Å². The van der Waals surface area contributed by atoms with Crippen molar-refractivity contribution >= 4 is 27.5 Å². The summed E-state index contributed by atoms with van der Waals surface area (Å²) >= 11 is 0. The fourth-order valence-corrected chi connectivity index (χ4v) is 3.97. The van der Waals surface area contributed by atoms with Gasteiger partial charge in [-0.05, 0) is 55.8 Å². The topological polar surface area (TPSA) is 73.0 Å². The quantitative estimate of drug-likeness (QED) is 0.621. The molecule has 2 aromatic rings. The van der Waals surface area contributed by atoms with Crippen LogP contribution in [0.5, 0.6) is 0 Å². The predicted molar refractivity (Wildman–Crippen MR) is 118 cm³/mol. The second kappa shape index (κ2) is 10.4. The van der Waals surface area contributed by atoms with E-state index in [1.54, 1.807) is 0 Å². The van der Waals surface area contributed by atoms with E-state index in [-0.39, 0.29) is 12.2 Å². The van der Waals surface area contributed by atoms with Crippen molar-refractivity contribution in [2.24, 2.45) is 0 Å². The lowest BCUT2D eigenvalue weighted by Gasteiger charge is -2.27. The summed E-state index contributed by atoms with van der Waals surface area (Å²) in [4.78, 5) is 14.7. The Morgan fingerprint density at radius 3 is 1.97 bits per heavy atom. The first-order valence-corrected chi connectivity index (χ1v) is 11.1. The van der Waals surface area contributed by atoms with Gasteiger partial charge < -0.3 is 10.2 Å². The van der Waals surface area contributed by atoms with Crippen LogP contribution in [0.3, 0.4) is 0 Å². The van der Waals surface area contributed by atoms with Crippen LogP contribution >= 0.6 is 0 Å². The molecule has 0 saturated heterocycles. The molecule has 1 amide bonds. The standard InChI is InChI=1S/C21H29FN4O3S/c1-5-25(6-2)19-11-7-17(8-12-19)15-23-21(27)16-26(30(28,29)24(3)4)20-13-9-18(22)10-14-20/h7-14H,5-6,15-16H2,1-4H3,(H,23,27). The minimum Gasteiger partial charge on any atom is -0.372 e. The van der Waals surface area contributed by atoms with Crippen molar-refractivity contribution in [2.45, 2.75) is 20.4 Å². The van der Waals surface area contributed by atoms with Crippen molar-refractivity contribution in [1.82, 2.24) is 9.62 Å². The number of halogens is 1. The SMILES string of the molecule is CCN(CC)c1ccc(CNC(=O)CN(c2ccc(F)cc2)S(=O)(=O)N(C)C)cc1. The molecule has 0 spiro atoms. The van der Waals surface area contributed by atoms with Gasteiger partial charge >= 0.3 is 10.2 Å². The maximum absolute atomic E-state index is 13.2. The van der Waals surface area contributed by atoms with E-state index in [4.69, 9.17) is 0 Å². The molecule has 9 heteroatoms. The molecule has 0 aliphatic rings. The van der Waals surface area contributed by atoms with E-state index >= 15 is 0 Å². The summed E-state index contributed by atoms with van der Waals surface area (Å²) in [6.45, 7) is 5.86. The Labute approximate surface area is 178 Å². The van der Waals surface area contributed by atoms with Crippen molar-refractivity contribution in [3.63, 3.8) is 0 Å². The van der Waals surface area contributed by atoms with E-state index in [2.05, 4.69) is 24.1 Å². The number of rotatable bonds is 10. The van der Waals surface area contributed by atoms with Gasteiger partial charge in [-0.25, -0.2) is 8.70 Å². The van der Waals surface area contributed by atoms with Gasteiger partial charge in [0.15, 0.2) is 0 Å². The maximum Gasteiger partial charge on any atom is 0.304 e. The minimum atomic E-state index is -3.93. The summed E-state index contributed by atoms with van der Waals surface area (Å²) < 4.78 is 40.5. The van der Waals surface area contributed by atoms with Crippen LogP contribution in [-0.2, 0) is 21.5 Å². The van der Waals surface area contributed by atoms with Crippen LogP contribution in [0.4, 0.5) is 15.8 Å². The number of carbonyl (C=O) groups is 1. The molecule has 2 aromatic carbocycles. The lowest BCUT2D eigenvalue weighted by Crippen LogP contribution is -2.45. The number of amides is 1. The fourth-order valence-electron chi connectivity index (χ4n) is 2.91. The van der Waals surface area contributed by atoms with Crippen molar-refractivity contribution in [3.05, 3.63) is 59.9 Å². The van der Waals surface area contributed by atoms with Gasteiger partial charge in [-0.1, -0.05) is 12.1 Å². The van der Waals surface area contributed by atoms with Crippen LogP contribution in [0.15, 0.2) is 48.5 Å². The van der Waals surface area contributed by atoms with Crippen LogP contribution in [0, 0.1) is 5.82 Å². The zero-order chi connectivity index (χ0) is 22.3. The van der Waals surface area contributed by atoms with Crippen LogP contribution < -0.4 is 14.5 Å². The highest BCUT2D eigenvalue weighted by atomic mass is 32.2. The third kappa shape index (κ3) is 5.93. The van der Waals surface area contributed by atoms with Gasteiger partial charge in [0.1, 0.15) is 12.4 Å². The molecule has 164 valence electrons. The van der Waals surface area contributed by atoms with Gasteiger partial charge in [0.25, 0.3) is 0 Å². The van der Waals surface area contributed by atoms with Gasteiger partial charge in [0.05, 0.1) is 5.69 Å². The average molecular weight is 437 g/mol. The molecular formula is C21H29FN4O3S. The number of nitrogens with zero attached hydrogens (tertiary/aromatic N) is 3. The van der Waals surface area contributed by atoms with Gasteiger partial charge in [-0.3, -0.25) is 4.79 Å². The van der Waals surface area contributed by atoms with E-state index < -0.39 is 28.5 Å². The molecule has 0 atom stereocenters. The molecule has 0 aromatic heterocycles. The molecule has 0 aliphatic carbocycles. The molecule has 0 heterocycles. The molecule has 30 heavy (non-hydrogen) atoms. The van der Waals surface area contributed by atoms with E-state index in [9.17, 15) is 17.6 Å². The number of benzene rings is 2. The number of hydrogen-bond acceptors (Lipinski definition) is 4. The third-order valence-corrected chi connectivity index (χ3v) is 6.52. The zero-order valence-electron chi connectivity index (χ0n) is 17.8. The van der Waals surface area contributed by atoms with Gasteiger partial charge in [-0.2, -0.15) is 12.7 Å². The van der Waals surface area contributed by atoms with Crippen LogP contribution in [-0.4, -0.2) is 52.4 Å². The van der Waals surface area contributed by atoms with Crippen molar-refractivity contribution < 1.29 is 17.6 Å². The fraction of sp³-hybridized carbons (Fsp3) is 0.381. The molecule has 7 nitrogen and oxygen atoms in total. The summed E-state index contributed by atoms with van der Waals surface area (Å²) in [6.07, 6.45) is 0. The molecule has 1 N–H and O–H groups in total. The molecule has 0 saturated carbocycles. The van der Waals surface area contributed by atoms with E-state index in [1.165, 1.54) is 26.2 Å². The highest BCUT2D eigenvalue weighted by Gasteiger charge is 2.27. The zero-order valence-corrected chi connectivity index (χ0v) is 18.6. The highest BCUT2D eigenvalue weighted by Crippen LogP contribution is 2.20. The number of nitrogens with one attached hydrogen (secondary N) is 1. The monoisotopic (exact) mass is 436 g/mol. The smallest absolute Gasteiger partial charge is 0.304 e. The summed E-state index contributed by atoms with van der Waals surface area (Å²) in [5, 5.41) is 2.75. The summed E-state index contributed by atoms with van der Waals surface area (Å²) in [6, 6.07) is 12.8. The summed E-state index contributed by atoms with van der Waals surface area (Å²) in [7, 11) is -1.17. The lowest BCUT2D eigenvalue weighted by molar-refractivity contribution is -0.119. The highest BCUT2D eigenvalue weighted by molar-refractivity contribution is 7.90. The van der Waals surface area contributed by atoms with Gasteiger partial charge in [0, 0.05) is 39.4 Å². The second-order valence-electron chi connectivity index (χ2n) is 6.89. The first-order valence-electron chi connectivity index (χ1n) is 9.75. The van der Waals surface area contributed by atoms with Gasteiger partial charge in [0.2, 0.25) is 5.91 Å². The summed E-state index contributed by atoms with van der Waals surface area (Å²) in [5.41, 5.74) is 2.22. The molecule has 2 rings (SSSR count). The molecule has 0 radical (unpaired) electrons. The first kappa shape index (κ1) is 23.6. The lowest BCUT2D eigenvalue weighted by atomic mass is 10.2. The Hall–Kier alpha value is -2.65. The minimum absolute atomic E-state index is 0.212.